The molecule has 1 aromatic carbocycles. The van der Waals surface area contributed by atoms with Crippen LogP contribution in [0.15, 0.2) is 28.7 Å². The van der Waals surface area contributed by atoms with Crippen molar-refractivity contribution in [2.75, 3.05) is 16.8 Å². The number of aromatic nitrogens is 2. The van der Waals surface area contributed by atoms with Crippen molar-refractivity contribution in [1.29, 1.82) is 0 Å². The molecule has 24 heavy (non-hydrogen) atoms. The summed E-state index contributed by atoms with van der Waals surface area (Å²) in [7, 11) is 0. The zero-order chi connectivity index (χ0) is 17.3. The van der Waals surface area contributed by atoms with Gasteiger partial charge in [0.2, 0.25) is 17.7 Å². The summed E-state index contributed by atoms with van der Waals surface area (Å²) in [6, 6.07) is 5.75. The van der Waals surface area contributed by atoms with E-state index in [0.717, 1.165) is 0 Å². The quantitative estimate of drug-likeness (QED) is 0.928. The van der Waals surface area contributed by atoms with E-state index in [1.54, 1.807) is 30.9 Å². The number of rotatable bonds is 4. The van der Waals surface area contributed by atoms with E-state index < -0.39 is 0 Å². The summed E-state index contributed by atoms with van der Waals surface area (Å²) in [4.78, 5) is 25.4. The maximum atomic E-state index is 13.0. The fourth-order valence-corrected chi connectivity index (χ4v) is 2.44. The SMILES string of the molecule is CC(C)C(=O)Nc1nnc([C@@H]2CC(=O)N(c3ccc(F)cc3)C2)o1. The van der Waals surface area contributed by atoms with Crippen LogP contribution in [-0.4, -0.2) is 28.6 Å². The Labute approximate surface area is 137 Å². The maximum Gasteiger partial charge on any atom is 0.322 e. The summed E-state index contributed by atoms with van der Waals surface area (Å²) < 4.78 is 18.5. The van der Waals surface area contributed by atoms with Crippen LogP contribution in [0.2, 0.25) is 0 Å². The first-order valence-electron chi connectivity index (χ1n) is 7.64. The van der Waals surface area contributed by atoms with Crippen LogP contribution in [0.25, 0.3) is 0 Å². The van der Waals surface area contributed by atoms with Crippen LogP contribution >= 0.6 is 0 Å². The molecular formula is C16H17FN4O3. The van der Waals surface area contributed by atoms with E-state index >= 15 is 0 Å². The number of hydrogen-bond donors (Lipinski definition) is 1. The van der Waals surface area contributed by atoms with Gasteiger partial charge in [-0.3, -0.25) is 14.9 Å². The van der Waals surface area contributed by atoms with Gasteiger partial charge in [0.25, 0.3) is 0 Å². The highest BCUT2D eigenvalue weighted by molar-refractivity contribution is 5.96. The van der Waals surface area contributed by atoms with Gasteiger partial charge < -0.3 is 9.32 Å². The molecule has 1 aromatic heterocycles. The predicted molar refractivity (Wildman–Crippen MR) is 83.9 cm³/mol. The lowest BCUT2D eigenvalue weighted by molar-refractivity contribution is -0.119. The van der Waals surface area contributed by atoms with Gasteiger partial charge in [-0.1, -0.05) is 18.9 Å². The largest absolute Gasteiger partial charge is 0.407 e. The van der Waals surface area contributed by atoms with Crippen molar-refractivity contribution in [2.45, 2.75) is 26.2 Å². The van der Waals surface area contributed by atoms with Crippen molar-refractivity contribution in [1.82, 2.24) is 10.2 Å². The van der Waals surface area contributed by atoms with E-state index in [1.165, 1.54) is 12.1 Å². The van der Waals surface area contributed by atoms with Gasteiger partial charge >= 0.3 is 6.01 Å². The van der Waals surface area contributed by atoms with Crippen molar-refractivity contribution < 1.29 is 18.4 Å². The molecule has 1 aliphatic heterocycles. The van der Waals surface area contributed by atoms with Crippen LogP contribution in [-0.2, 0) is 9.59 Å². The molecule has 1 saturated heterocycles. The van der Waals surface area contributed by atoms with Crippen molar-refractivity contribution >= 4 is 23.5 Å². The minimum atomic E-state index is -0.357. The first kappa shape index (κ1) is 16.1. The lowest BCUT2D eigenvalue weighted by atomic mass is 10.1. The van der Waals surface area contributed by atoms with E-state index in [2.05, 4.69) is 15.5 Å². The summed E-state index contributed by atoms with van der Waals surface area (Å²) in [6.07, 6.45) is 0.219. The van der Waals surface area contributed by atoms with Crippen LogP contribution < -0.4 is 10.2 Å². The lowest BCUT2D eigenvalue weighted by Gasteiger charge is -2.15. The van der Waals surface area contributed by atoms with Gasteiger partial charge in [0, 0.05) is 24.6 Å². The van der Waals surface area contributed by atoms with Crippen LogP contribution in [0, 0.1) is 11.7 Å². The highest BCUT2D eigenvalue weighted by Crippen LogP contribution is 2.31. The van der Waals surface area contributed by atoms with Gasteiger partial charge in [0.1, 0.15) is 5.82 Å². The summed E-state index contributed by atoms with van der Waals surface area (Å²) >= 11 is 0. The summed E-state index contributed by atoms with van der Waals surface area (Å²) in [5.74, 6) is -0.850. The molecule has 0 radical (unpaired) electrons. The van der Waals surface area contributed by atoms with Crippen LogP contribution in [0.4, 0.5) is 16.1 Å². The number of anilines is 2. The summed E-state index contributed by atoms with van der Waals surface area (Å²) in [5.41, 5.74) is 0.622. The molecule has 2 heterocycles. The van der Waals surface area contributed by atoms with Crippen molar-refractivity contribution in [3.8, 4) is 0 Å². The molecule has 1 N–H and O–H groups in total. The molecule has 0 aliphatic carbocycles. The molecule has 0 saturated carbocycles. The average Bonchev–Trinajstić information content (AvgIpc) is 3.15. The number of carbonyl (C=O) groups excluding carboxylic acids is 2. The smallest absolute Gasteiger partial charge is 0.322 e. The van der Waals surface area contributed by atoms with Gasteiger partial charge in [0.05, 0.1) is 5.92 Å². The second-order valence-electron chi connectivity index (χ2n) is 5.97. The Kier molecular flexibility index (Phi) is 4.28. The van der Waals surface area contributed by atoms with Gasteiger partial charge in [-0.25, -0.2) is 4.39 Å². The number of nitrogens with one attached hydrogen (secondary N) is 1. The molecule has 3 rings (SSSR count). The van der Waals surface area contributed by atoms with Crippen LogP contribution in [0.1, 0.15) is 32.1 Å². The molecule has 0 unspecified atom stereocenters. The zero-order valence-electron chi connectivity index (χ0n) is 13.3. The van der Waals surface area contributed by atoms with E-state index in [-0.39, 0.29) is 41.9 Å². The highest BCUT2D eigenvalue weighted by atomic mass is 19.1. The number of carbonyl (C=O) groups is 2. The second-order valence-corrected chi connectivity index (χ2v) is 5.97. The Bertz CT molecular complexity index is 757. The van der Waals surface area contributed by atoms with E-state index in [4.69, 9.17) is 4.42 Å². The normalized spacial score (nSPS) is 17.6. The van der Waals surface area contributed by atoms with Crippen molar-refractivity contribution in [3.63, 3.8) is 0 Å². The van der Waals surface area contributed by atoms with Crippen LogP contribution in [0.3, 0.4) is 0 Å². The van der Waals surface area contributed by atoms with E-state index in [0.29, 0.717) is 18.1 Å². The Morgan fingerprint density at radius 1 is 1.33 bits per heavy atom. The molecule has 2 amide bonds. The third-order valence-corrected chi connectivity index (χ3v) is 3.81. The van der Waals surface area contributed by atoms with Gasteiger partial charge in [-0.05, 0) is 24.3 Å². The molecule has 0 spiro atoms. The average molecular weight is 332 g/mol. The van der Waals surface area contributed by atoms with Crippen molar-refractivity contribution in [3.05, 3.63) is 36.0 Å². The highest BCUT2D eigenvalue weighted by Gasteiger charge is 2.35. The first-order chi connectivity index (χ1) is 11.4. The number of benzene rings is 1. The van der Waals surface area contributed by atoms with Crippen molar-refractivity contribution in [2.24, 2.45) is 5.92 Å². The predicted octanol–water partition coefficient (Wildman–Crippen LogP) is 2.32. The number of halogens is 1. The maximum absolute atomic E-state index is 13.0. The second kappa shape index (κ2) is 6.38. The zero-order valence-corrected chi connectivity index (χ0v) is 13.3. The monoisotopic (exact) mass is 332 g/mol. The number of hydrogen-bond acceptors (Lipinski definition) is 5. The van der Waals surface area contributed by atoms with Gasteiger partial charge in [-0.15, -0.1) is 5.10 Å². The third-order valence-electron chi connectivity index (χ3n) is 3.81. The van der Waals surface area contributed by atoms with E-state index in [1.807, 2.05) is 0 Å². The molecule has 8 heteroatoms. The molecule has 2 aromatic rings. The Morgan fingerprint density at radius 3 is 2.71 bits per heavy atom. The standard InChI is InChI=1S/C16H17FN4O3/c1-9(2)14(23)18-16-20-19-15(24-16)10-7-13(22)21(8-10)12-5-3-11(17)4-6-12/h3-6,9-10H,7-8H2,1-2H3,(H,18,20,23)/t10-/m1/s1. The molecule has 7 nitrogen and oxygen atoms in total. The molecule has 1 aliphatic rings. The topological polar surface area (TPSA) is 88.3 Å². The van der Waals surface area contributed by atoms with Gasteiger partial charge in [-0.2, -0.15) is 0 Å². The third kappa shape index (κ3) is 3.27. The molecule has 126 valence electrons. The lowest BCUT2D eigenvalue weighted by Crippen LogP contribution is -2.24. The molecule has 0 bridgehead atoms. The first-order valence-corrected chi connectivity index (χ1v) is 7.64. The van der Waals surface area contributed by atoms with E-state index in [9.17, 15) is 14.0 Å². The van der Waals surface area contributed by atoms with Crippen LogP contribution in [0.5, 0.6) is 0 Å². The number of amides is 2. The molecular weight excluding hydrogens is 315 g/mol. The Hall–Kier alpha value is -2.77. The fraction of sp³-hybridized carbons (Fsp3) is 0.375. The summed E-state index contributed by atoms with van der Waals surface area (Å²) in [6.45, 7) is 3.87. The molecule has 1 atom stereocenters. The Morgan fingerprint density at radius 2 is 2.04 bits per heavy atom. The van der Waals surface area contributed by atoms with Gasteiger partial charge in [0.15, 0.2) is 0 Å². The molecule has 1 fully saturated rings. The minimum Gasteiger partial charge on any atom is -0.407 e. The minimum absolute atomic E-state index is 0.0244. The fourth-order valence-electron chi connectivity index (χ4n) is 2.44. The summed E-state index contributed by atoms with van der Waals surface area (Å²) in [5, 5.41) is 10.2. The number of nitrogens with zero attached hydrogens (tertiary/aromatic N) is 3. The Balaban J connectivity index is 1.71.